The molecule has 1 aliphatic rings. The van der Waals surface area contributed by atoms with Crippen LogP contribution in [0.1, 0.15) is 39.5 Å². The maximum absolute atomic E-state index is 11.7. The Labute approximate surface area is 107 Å². The van der Waals surface area contributed by atoms with Crippen molar-refractivity contribution < 1.29 is 19.1 Å². The number of carbonyl (C=O) groups is 3. The second-order valence-corrected chi connectivity index (χ2v) is 4.29. The van der Waals surface area contributed by atoms with Gasteiger partial charge >= 0.3 is 5.97 Å². The van der Waals surface area contributed by atoms with Crippen molar-refractivity contribution in [1.82, 2.24) is 4.90 Å². The highest BCUT2D eigenvalue weighted by Crippen LogP contribution is 2.11. The fraction of sp³-hybridized carbons (Fsp3) is 0.615. The number of carbonyl (C=O) groups excluding carboxylic acids is 3. The molecule has 0 atom stereocenters. The lowest BCUT2D eigenvalue weighted by molar-refractivity contribution is -0.156. The van der Waals surface area contributed by atoms with Crippen LogP contribution < -0.4 is 0 Å². The van der Waals surface area contributed by atoms with Crippen LogP contribution >= 0.6 is 0 Å². The van der Waals surface area contributed by atoms with Crippen LogP contribution in [0.2, 0.25) is 0 Å². The van der Waals surface area contributed by atoms with E-state index in [9.17, 15) is 14.4 Å². The standard InChI is InChI=1S/C13H19NO4/c1-3-5-10(6-4-2)18-13(17)9-14-11(15)7-8-12(14)16/h7-8,10H,3-6,9H2,1-2H3. The lowest BCUT2D eigenvalue weighted by atomic mass is 10.1. The highest BCUT2D eigenvalue weighted by atomic mass is 16.5. The zero-order chi connectivity index (χ0) is 13.5. The van der Waals surface area contributed by atoms with Gasteiger partial charge in [-0.25, -0.2) is 0 Å². The van der Waals surface area contributed by atoms with Gasteiger partial charge in [0, 0.05) is 12.2 Å². The molecule has 100 valence electrons. The molecule has 0 aromatic carbocycles. The molecule has 1 aliphatic heterocycles. The Morgan fingerprint density at radius 1 is 1.17 bits per heavy atom. The first-order chi connectivity index (χ1) is 8.58. The minimum atomic E-state index is -0.521. The van der Waals surface area contributed by atoms with Gasteiger partial charge in [0.1, 0.15) is 12.6 Å². The van der Waals surface area contributed by atoms with Crippen LogP contribution in [0.25, 0.3) is 0 Å². The van der Waals surface area contributed by atoms with Gasteiger partial charge in [0.25, 0.3) is 11.8 Å². The predicted octanol–water partition coefficient (Wildman–Crippen LogP) is 1.42. The Kier molecular flexibility index (Phi) is 5.55. The summed E-state index contributed by atoms with van der Waals surface area (Å²) < 4.78 is 5.28. The smallest absolute Gasteiger partial charge is 0.326 e. The average molecular weight is 253 g/mol. The van der Waals surface area contributed by atoms with Crippen LogP contribution in [0.4, 0.5) is 0 Å². The Hall–Kier alpha value is -1.65. The molecular weight excluding hydrogens is 234 g/mol. The highest BCUT2D eigenvalue weighted by Gasteiger charge is 2.27. The summed E-state index contributed by atoms with van der Waals surface area (Å²) in [4.78, 5) is 35.1. The summed E-state index contributed by atoms with van der Waals surface area (Å²) in [5.74, 6) is -1.44. The third kappa shape index (κ3) is 3.98. The lowest BCUT2D eigenvalue weighted by Gasteiger charge is -2.19. The second-order valence-electron chi connectivity index (χ2n) is 4.29. The summed E-state index contributed by atoms with van der Waals surface area (Å²) in [5, 5.41) is 0. The minimum Gasteiger partial charge on any atom is -0.461 e. The molecule has 0 saturated carbocycles. The molecule has 1 heterocycles. The van der Waals surface area contributed by atoms with Gasteiger partial charge < -0.3 is 4.74 Å². The largest absolute Gasteiger partial charge is 0.461 e. The van der Waals surface area contributed by atoms with Crippen LogP contribution in [-0.4, -0.2) is 35.3 Å². The van der Waals surface area contributed by atoms with Gasteiger partial charge in [-0.15, -0.1) is 0 Å². The predicted molar refractivity (Wildman–Crippen MR) is 65.6 cm³/mol. The molecule has 5 nitrogen and oxygen atoms in total. The van der Waals surface area contributed by atoms with Gasteiger partial charge in [0.15, 0.2) is 0 Å². The van der Waals surface area contributed by atoms with Crippen molar-refractivity contribution in [3.63, 3.8) is 0 Å². The molecule has 0 N–H and O–H groups in total. The highest BCUT2D eigenvalue weighted by molar-refractivity contribution is 6.14. The zero-order valence-electron chi connectivity index (χ0n) is 10.8. The van der Waals surface area contributed by atoms with Crippen LogP contribution in [0.5, 0.6) is 0 Å². The number of imide groups is 1. The van der Waals surface area contributed by atoms with Gasteiger partial charge in [-0.1, -0.05) is 26.7 Å². The Morgan fingerprint density at radius 2 is 1.67 bits per heavy atom. The summed E-state index contributed by atoms with van der Waals surface area (Å²) >= 11 is 0. The van der Waals surface area contributed by atoms with Gasteiger partial charge in [0.05, 0.1) is 0 Å². The van der Waals surface area contributed by atoms with Crippen LogP contribution in [0, 0.1) is 0 Å². The van der Waals surface area contributed by atoms with Crippen molar-refractivity contribution in [1.29, 1.82) is 0 Å². The maximum Gasteiger partial charge on any atom is 0.326 e. The molecule has 5 heteroatoms. The summed E-state index contributed by atoms with van der Waals surface area (Å²) in [5.41, 5.74) is 0. The van der Waals surface area contributed by atoms with Crippen molar-refractivity contribution in [2.24, 2.45) is 0 Å². The average Bonchev–Trinajstić information content (AvgIpc) is 2.61. The molecule has 0 saturated heterocycles. The van der Waals surface area contributed by atoms with E-state index < -0.39 is 17.8 Å². The molecule has 0 radical (unpaired) electrons. The Bertz CT molecular complexity index is 338. The number of ether oxygens (including phenoxy) is 1. The molecular formula is C13H19NO4. The molecule has 0 fully saturated rings. The van der Waals surface area contributed by atoms with Crippen molar-refractivity contribution >= 4 is 17.8 Å². The lowest BCUT2D eigenvalue weighted by Crippen LogP contribution is -2.37. The number of rotatable bonds is 7. The molecule has 0 aliphatic carbocycles. The van der Waals surface area contributed by atoms with Gasteiger partial charge in [0.2, 0.25) is 0 Å². The molecule has 0 aromatic heterocycles. The fourth-order valence-electron chi connectivity index (χ4n) is 1.85. The number of hydrogen-bond donors (Lipinski definition) is 0. The van der Waals surface area contributed by atoms with Crippen molar-refractivity contribution in [3.8, 4) is 0 Å². The maximum atomic E-state index is 11.7. The molecule has 0 unspecified atom stereocenters. The van der Waals surface area contributed by atoms with E-state index in [4.69, 9.17) is 4.74 Å². The van der Waals surface area contributed by atoms with Gasteiger partial charge in [-0.05, 0) is 12.8 Å². The number of esters is 1. The van der Waals surface area contributed by atoms with Gasteiger partial charge in [-0.2, -0.15) is 0 Å². The van der Waals surface area contributed by atoms with E-state index in [1.54, 1.807) is 0 Å². The van der Waals surface area contributed by atoms with Crippen molar-refractivity contribution in [2.75, 3.05) is 6.54 Å². The number of hydrogen-bond acceptors (Lipinski definition) is 4. The molecule has 2 amide bonds. The van der Waals surface area contributed by atoms with E-state index in [1.165, 1.54) is 0 Å². The first-order valence-corrected chi connectivity index (χ1v) is 6.31. The Morgan fingerprint density at radius 3 is 2.11 bits per heavy atom. The molecule has 0 bridgehead atoms. The second kappa shape index (κ2) is 6.93. The first-order valence-electron chi connectivity index (χ1n) is 6.31. The third-order valence-corrected chi connectivity index (χ3v) is 2.71. The summed E-state index contributed by atoms with van der Waals surface area (Å²) in [6.07, 6.45) is 5.67. The van der Waals surface area contributed by atoms with Crippen molar-refractivity contribution in [3.05, 3.63) is 12.2 Å². The fourth-order valence-corrected chi connectivity index (χ4v) is 1.85. The quantitative estimate of drug-likeness (QED) is 0.508. The molecule has 1 rings (SSSR count). The molecule has 18 heavy (non-hydrogen) atoms. The first kappa shape index (κ1) is 14.4. The number of amides is 2. The van der Waals surface area contributed by atoms with E-state index in [2.05, 4.69) is 0 Å². The number of nitrogens with zero attached hydrogens (tertiary/aromatic N) is 1. The topological polar surface area (TPSA) is 63.7 Å². The molecule has 0 spiro atoms. The van der Waals surface area contributed by atoms with Crippen molar-refractivity contribution in [2.45, 2.75) is 45.6 Å². The normalized spacial score (nSPS) is 14.7. The van der Waals surface area contributed by atoms with E-state index in [1.807, 2.05) is 13.8 Å². The van der Waals surface area contributed by atoms with E-state index in [0.717, 1.165) is 42.7 Å². The van der Waals surface area contributed by atoms with Crippen LogP contribution in [0.3, 0.4) is 0 Å². The van der Waals surface area contributed by atoms with E-state index in [-0.39, 0.29) is 12.6 Å². The van der Waals surface area contributed by atoms with E-state index >= 15 is 0 Å². The monoisotopic (exact) mass is 253 g/mol. The minimum absolute atomic E-state index is 0.117. The Balaban J connectivity index is 2.45. The summed E-state index contributed by atoms with van der Waals surface area (Å²) in [6.45, 7) is 3.75. The summed E-state index contributed by atoms with van der Waals surface area (Å²) in [7, 11) is 0. The van der Waals surface area contributed by atoms with Crippen LogP contribution in [-0.2, 0) is 19.1 Å². The summed E-state index contributed by atoms with van der Waals surface area (Å²) in [6, 6.07) is 0. The van der Waals surface area contributed by atoms with Crippen LogP contribution in [0.15, 0.2) is 12.2 Å². The van der Waals surface area contributed by atoms with Gasteiger partial charge in [-0.3, -0.25) is 19.3 Å². The molecule has 0 aromatic rings. The zero-order valence-corrected chi connectivity index (χ0v) is 10.8. The SMILES string of the molecule is CCCC(CCC)OC(=O)CN1C(=O)C=CC1=O. The third-order valence-electron chi connectivity index (χ3n) is 2.71. The van der Waals surface area contributed by atoms with E-state index in [0.29, 0.717) is 0 Å².